The van der Waals surface area contributed by atoms with Gasteiger partial charge in [-0.15, -0.1) is 0 Å². The Morgan fingerprint density at radius 3 is 1.96 bits per heavy atom. The molecule has 0 aliphatic rings. The lowest BCUT2D eigenvalue weighted by Gasteiger charge is -2.07. The van der Waals surface area contributed by atoms with Crippen LogP contribution in [-0.4, -0.2) is 12.5 Å². The molecule has 0 aromatic heterocycles. The molecule has 3 nitrogen and oxygen atoms in total. The minimum absolute atomic E-state index is 0.411. The number of unbranched alkanes of at least 4 members (excludes halogenated alkanes) is 11. The van der Waals surface area contributed by atoms with Gasteiger partial charge in [0.15, 0.2) is 0 Å². The molecular weight excluding hydrogens is 298 g/mol. The highest BCUT2D eigenvalue weighted by Crippen LogP contribution is 2.15. The van der Waals surface area contributed by atoms with Crippen molar-refractivity contribution in [3.05, 3.63) is 29.8 Å². The van der Waals surface area contributed by atoms with Crippen molar-refractivity contribution in [3.8, 4) is 5.75 Å². The van der Waals surface area contributed by atoms with Crippen molar-refractivity contribution in [1.82, 2.24) is 0 Å². The van der Waals surface area contributed by atoms with E-state index in [0.717, 1.165) is 12.2 Å². The summed E-state index contributed by atoms with van der Waals surface area (Å²) in [5.74, 6) is 0.320. The molecule has 0 aliphatic heterocycles. The Balaban J connectivity index is 1.90. The van der Waals surface area contributed by atoms with Crippen molar-refractivity contribution in [2.24, 2.45) is 5.73 Å². The van der Waals surface area contributed by atoms with Crippen LogP contribution in [0.3, 0.4) is 0 Å². The molecule has 1 aromatic carbocycles. The predicted molar refractivity (Wildman–Crippen MR) is 102 cm³/mol. The number of carbonyl (C=O) groups is 1. The summed E-state index contributed by atoms with van der Waals surface area (Å²) in [5.41, 5.74) is 5.76. The largest absolute Gasteiger partial charge is 0.494 e. The molecular formula is C21H35NO2. The van der Waals surface area contributed by atoms with Crippen LogP contribution < -0.4 is 10.5 Å². The fourth-order valence-electron chi connectivity index (χ4n) is 2.87. The standard InChI is InChI=1S/C21H35NO2/c1-2-3-4-5-6-7-8-9-10-11-12-13-17-24-20-16-14-15-19(18-20)21(22)23/h14-16,18H,2-13,17H2,1H3,(H2,22,23). The van der Waals surface area contributed by atoms with Gasteiger partial charge in [0.2, 0.25) is 5.91 Å². The molecule has 0 aliphatic carbocycles. The molecule has 24 heavy (non-hydrogen) atoms. The highest BCUT2D eigenvalue weighted by Gasteiger charge is 2.01. The molecule has 0 saturated carbocycles. The molecule has 0 fully saturated rings. The molecule has 2 N–H and O–H groups in total. The molecule has 0 heterocycles. The minimum atomic E-state index is -0.411. The van der Waals surface area contributed by atoms with Crippen LogP contribution in [0.5, 0.6) is 5.75 Å². The summed E-state index contributed by atoms with van der Waals surface area (Å²) in [7, 11) is 0. The third kappa shape index (κ3) is 10.3. The Labute approximate surface area is 148 Å². The topological polar surface area (TPSA) is 52.3 Å². The van der Waals surface area contributed by atoms with Crippen LogP contribution in [0.2, 0.25) is 0 Å². The molecule has 3 heteroatoms. The Kier molecular flexibility index (Phi) is 11.9. The maximum atomic E-state index is 11.1. The molecule has 136 valence electrons. The maximum absolute atomic E-state index is 11.1. The van der Waals surface area contributed by atoms with Crippen molar-refractivity contribution < 1.29 is 9.53 Å². The van der Waals surface area contributed by atoms with Gasteiger partial charge in [-0.3, -0.25) is 4.79 Å². The van der Waals surface area contributed by atoms with Gasteiger partial charge in [-0.25, -0.2) is 0 Å². The smallest absolute Gasteiger partial charge is 0.248 e. The first-order valence-electron chi connectivity index (χ1n) is 9.76. The van der Waals surface area contributed by atoms with Crippen molar-refractivity contribution in [3.63, 3.8) is 0 Å². The van der Waals surface area contributed by atoms with Gasteiger partial charge in [0.25, 0.3) is 0 Å². The zero-order valence-corrected chi connectivity index (χ0v) is 15.4. The van der Waals surface area contributed by atoms with E-state index in [4.69, 9.17) is 10.5 Å². The summed E-state index contributed by atoms with van der Waals surface area (Å²) in [4.78, 5) is 11.1. The van der Waals surface area contributed by atoms with E-state index in [1.807, 2.05) is 6.07 Å². The second-order valence-corrected chi connectivity index (χ2v) is 6.63. The van der Waals surface area contributed by atoms with Crippen molar-refractivity contribution in [1.29, 1.82) is 0 Å². The highest BCUT2D eigenvalue weighted by atomic mass is 16.5. The van der Waals surface area contributed by atoms with Crippen LogP contribution in [0.15, 0.2) is 24.3 Å². The second-order valence-electron chi connectivity index (χ2n) is 6.63. The van der Waals surface area contributed by atoms with Gasteiger partial charge in [-0.2, -0.15) is 0 Å². The molecule has 0 spiro atoms. The molecule has 0 unspecified atom stereocenters. The van der Waals surface area contributed by atoms with Crippen molar-refractivity contribution in [2.75, 3.05) is 6.61 Å². The van der Waals surface area contributed by atoms with Crippen LogP contribution >= 0.6 is 0 Å². The Morgan fingerprint density at radius 2 is 1.42 bits per heavy atom. The Hall–Kier alpha value is -1.51. The van der Waals surface area contributed by atoms with E-state index >= 15 is 0 Å². The van der Waals surface area contributed by atoms with E-state index < -0.39 is 5.91 Å². The quantitative estimate of drug-likeness (QED) is 0.408. The van der Waals surface area contributed by atoms with Crippen LogP contribution in [0.1, 0.15) is 94.3 Å². The number of benzene rings is 1. The van der Waals surface area contributed by atoms with E-state index in [0.29, 0.717) is 12.2 Å². The number of rotatable bonds is 15. The van der Waals surface area contributed by atoms with Crippen molar-refractivity contribution >= 4 is 5.91 Å². The zero-order chi connectivity index (χ0) is 17.5. The number of ether oxygens (including phenoxy) is 1. The molecule has 0 saturated heterocycles. The monoisotopic (exact) mass is 333 g/mol. The summed E-state index contributed by atoms with van der Waals surface area (Å²) < 4.78 is 5.68. The van der Waals surface area contributed by atoms with E-state index in [1.54, 1.807) is 18.2 Å². The summed E-state index contributed by atoms with van der Waals surface area (Å²) in [6.07, 6.45) is 16.1. The van der Waals surface area contributed by atoms with Crippen LogP contribution in [0.25, 0.3) is 0 Å². The first-order valence-corrected chi connectivity index (χ1v) is 9.76. The summed E-state index contributed by atoms with van der Waals surface area (Å²) in [6, 6.07) is 7.09. The minimum Gasteiger partial charge on any atom is -0.494 e. The summed E-state index contributed by atoms with van der Waals surface area (Å²) in [5, 5.41) is 0. The number of hydrogen-bond donors (Lipinski definition) is 1. The fraction of sp³-hybridized carbons (Fsp3) is 0.667. The van der Waals surface area contributed by atoms with Crippen LogP contribution in [0, 0.1) is 0 Å². The highest BCUT2D eigenvalue weighted by molar-refractivity contribution is 5.93. The average molecular weight is 334 g/mol. The third-order valence-corrected chi connectivity index (χ3v) is 4.39. The van der Waals surface area contributed by atoms with Gasteiger partial charge in [-0.1, -0.05) is 83.6 Å². The van der Waals surface area contributed by atoms with E-state index in [-0.39, 0.29) is 0 Å². The number of hydrogen-bond acceptors (Lipinski definition) is 2. The lowest BCUT2D eigenvalue weighted by atomic mass is 10.1. The molecule has 1 rings (SSSR count). The zero-order valence-electron chi connectivity index (χ0n) is 15.4. The van der Waals surface area contributed by atoms with Gasteiger partial charge in [0, 0.05) is 5.56 Å². The predicted octanol–water partition coefficient (Wildman–Crippen LogP) is 5.87. The molecule has 1 amide bonds. The van der Waals surface area contributed by atoms with E-state index in [9.17, 15) is 4.79 Å². The first-order chi connectivity index (χ1) is 11.7. The average Bonchev–Trinajstić information content (AvgIpc) is 2.59. The van der Waals surface area contributed by atoms with Crippen LogP contribution in [0.4, 0.5) is 0 Å². The molecule has 1 aromatic rings. The van der Waals surface area contributed by atoms with Gasteiger partial charge in [0.1, 0.15) is 5.75 Å². The number of nitrogens with two attached hydrogens (primary N) is 1. The molecule has 0 bridgehead atoms. The van der Waals surface area contributed by atoms with E-state index in [1.165, 1.54) is 70.6 Å². The lowest BCUT2D eigenvalue weighted by molar-refractivity contribution is 0.1000. The van der Waals surface area contributed by atoms with Gasteiger partial charge in [-0.05, 0) is 24.6 Å². The Morgan fingerprint density at radius 1 is 0.875 bits per heavy atom. The second kappa shape index (κ2) is 13.9. The number of primary amides is 1. The van der Waals surface area contributed by atoms with Gasteiger partial charge < -0.3 is 10.5 Å². The molecule has 0 atom stereocenters. The normalized spacial score (nSPS) is 10.7. The maximum Gasteiger partial charge on any atom is 0.248 e. The SMILES string of the molecule is CCCCCCCCCCCCCCOc1cccc(C(N)=O)c1. The number of amides is 1. The lowest BCUT2D eigenvalue weighted by Crippen LogP contribution is -2.10. The number of carbonyl (C=O) groups excluding carboxylic acids is 1. The van der Waals surface area contributed by atoms with Gasteiger partial charge in [0.05, 0.1) is 6.61 Å². The fourth-order valence-corrected chi connectivity index (χ4v) is 2.87. The van der Waals surface area contributed by atoms with Crippen molar-refractivity contribution in [2.45, 2.75) is 84.0 Å². The summed E-state index contributed by atoms with van der Waals surface area (Å²) in [6.45, 7) is 2.98. The third-order valence-electron chi connectivity index (χ3n) is 4.39. The Bertz CT molecular complexity index is 445. The molecule has 0 radical (unpaired) electrons. The van der Waals surface area contributed by atoms with Crippen LogP contribution in [-0.2, 0) is 0 Å². The van der Waals surface area contributed by atoms with E-state index in [2.05, 4.69) is 6.92 Å². The van der Waals surface area contributed by atoms with Gasteiger partial charge >= 0.3 is 0 Å². The summed E-state index contributed by atoms with van der Waals surface area (Å²) >= 11 is 0. The first kappa shape index (κ1) is 20.5.